The van der Waals surface area contributed by atoms with Crippen molar-refractivity contribution in [2.75, 3.05) is 19.7 Å². The average molecular weight is 303 g/mol. The molecule has 0 N–H and O–H groups in total. The van der Waals surface area contributed by atoms with Crippen LogP contribution in [-0.2, 0) is 14.3 Å². The van der Waals surface area contributed by atoms with E-state index in [1.165, 1.54) is 0 Å². The lowest BCUT2D eigenvalue weighted by molar-refractivity contribution is -0.143. The van der Waals surface area contributed by atoms with Gasteiger partial charge in [-0.2, -0.15) is 0 Å². The maximum absolute atomic E-state index is 12.3. The van der Waals surface area contributed by atoms with E-state index in [0.717, 1.165) is 18.4 Å². The third-order valence-corrected chi connectivity index (χ3v) is 3.20. The van der Waals surface area contributed by atoms with E-state index in [2.05, 4.69) is 6.92 Å². The maximum atomic E-state index is 12.3. The van der Waals surface area contributed by atoms with Gasteiger partial charge in [-0.3, -0.25) is 9.59 Å². The largest absolute Gasteiger partial charge is 0.466 e. The van der Waals surface area contributed by atoms with Gasteiger partial charge in [0.05, 0.1) is 13.0 Å². The minimum atomic E-state index is -0.260. The third kappa shape index (κ3) is 7.07. The quantitative estimate of drug-likeness (QED) is 0.519. The topological polar surface area (TPSA) is 46.6 Å². The lowest BCUT2D eigenvalue weighted by atomic mass is 10.2. The standard InChI is InChI=1S/C18H25NO3/c1-3-5-14-19(15-13-18(21)22-4-2)17(20)12-11-16-9-7-6-8-10-16/h6-12H,3-5,13-15H2,1-2H3/b12-11+. The van der Waals surface area contributed by atoms with E-state index in [9.17, 15) is 9.59 Å². The summed E-state index contributed by atoms with van der Waals surface area (Å²) in [5.74, 6) is -0.328. The van der Waals surface area contributed by atoms with E-state index in [1.807, 2.05) is 30.3 Å². The molecule has 1 rings (SSSR count). The summed E-state index contributed by atoms with van der Waals surface area (Å²) in [5, 5.41) is 0. The highest BCUT2D eigenvalue weighted by atomic mass is 16.5. The first kappa shape index (κ1) is 18.0. The molecule has 0 aliphatic heterocycles. The van der Waals surface area contributed by atoms with Gasteiger partial charge in [0.25, 0.3) is 0 Å². The van der Waals surface area contributed by atoms with Crippen molar-refractivity contribution in [1.29, 1.82) is 0 Å². The Bertz CT molecular complexity index is 482. The number of unbranched alkanes of at least 4 members (excludes halogenated alkanes) is 1. The molecule has 0 bridgehead atoms. The van der Waals surface area contributed by atoms with Crippen molar-refractivity contribution in [3.8, 4) is 0 Å². The zero-order chi connectivity index (χ0) is 16.2. The number of amides is 1. The van der Waals surface area contributed by atoms with Gasteiger partial charge in [0.1, 0.15) is 0 Å². The van der Waals surface area contributed by atoms with Crippen LogP contribution in [0.5, 0.6) is 0 Å². The number of hydrogen-bond donors (Lipinski definition) is 0. The third-order valence-electron chi connectivity index (χ3n) is 3.20. The maximum Gasteiger partial charge on any atom is 0.307 e. The second kappa shape index (κ2) is 10.6. The molecule has 0 radical (unpaired) electrons. The minimum Gasteiger partial charge on any atom is -0.466 e. The molecule has 22 heavy (non-hydrogen) atoms. The van der Waals surface area contributed by atoms with Crippen LogP contribution in [0.25, 0.3) is 6.08 Å². The number of nitrogens with zero attached hydrogens (tertiary/aromatic N) is 1. The second-order valence-electron chi connectivity index (χ2n) is 4.98. The van der Waals surface area contributed by atoms with Crippen LogP contribution in [0.2, 0.25) is 0 Å². The number of hydrogen-bond acceptors (Lipinski definition) is 3. The van der Waals surface area contributed by atoms with Crippen molar-refractivity contribution >= 4 is 18.0 Å². The van der Waals surface area contributed by atoms with Crippen molar-refractivity contribution in [2.24, 2.45) is 0 Å². The summed E-state index contributed by atoms with van der Waals surface area (Å²) < 4.78 is 4.91. The molecule has 0 atom stereocenters. The number of ether oxygens (including phenoxy) is 1. The lowest BCUT2D eigenvalue weighted by Gasteiger charge is -2.20. The van der Waals surface area contributed by atoms with Crippen molar-refractivity contribution in [1.82, 2.24) is 4.90 Å². The monoisotopic (exact) mass is 303 g/mol. The number of esters is 1. The van der Waals surface area contributed by atoms with Crippen molar-refractivity contribution in [3.63, 3.8) is 0 Å². The summed E-state index contributed by atoms with van der Waals surface area (Å²) in [4.78, 5) is 25.4. The molecule has 0 saturated heterocycles. The molecule has 0 heterocycles. The highest BCUT2D eigenvalue weighted by Crippen LogP contribution is 2.04. The predicted octanol–water partition coefficient (Wildman–Crippen LogP) is 3.28. The second-order valence-corrected chi connectivity index (χ2v) is 4.98. The SMILES string of the molecule is CCCCN(CCC(=O)OCC)C(=O)/C=C/c1ccccc1. The van der Waals surface area contributed by atoms with Gasteiger partial charge in [0, 0.05) is 19.2 Å². The van der Waals surface area contributed by atoms with Crippen LogP contribution in [0.4, 0.5) is 0 Å². The minimum absolute atomic E-state index is 0.0680. The Hall–Kier alpha value is -2.10. The van der Waals surface area contributed by atoms with Gasteiger partial charge in [-0.15, -0.1) is 0 Å². The van der Waals surface area contributed by atoms with Gasteiger partial charge in [-0.1, -0.05) is 43.7 Å². The smallest absolute Gasteiger partial charge is 0.307 e. The van der Waals surface area contributed by atoms with Gasteiger partial charge in [-0.25, -0.2) is 0 Å². The Morgan fingerprint density at radius 3 is 2.50 bits per heavy atom. The van der Waals surface area contributed by atoms with Crippen molar-refractivity contribution in [3.05, 3.63) is 42.0 Å². The van der Waals surface area contributed by atoms with Crippen molar-refractivity contribution in [2.45, 2.75) is 33.1 Å². The zero-order valence-electron chi connectivity index (χ0n) is 13.5. The van der Waals surface area contributed by atoms with Crippen LogP contribution in [0.1, 0.15) is 38.7 Å². The molecule has 0 spiro atoms. The van der Waals surface area contributed by atoms with E-state index in [0.29, 0.717) is 19.7 Å². The Balaban J connectivity index is 2.59. The van der Waals surface area contributed by atoms with Crippen molar-refractivity contribution < 1.29 is 14.3 Å². The highest BCUT2D eigenvalue weighted by Gasteiger charge is 2.12. The molecule has 0 saturated carbocycles. The number of carbonyl (C=O) groups is 2. The predicted molar refractivity (Wildman–Crippen MR) is 88.2 cm³/mol. The number of carbonyl (C=O) groups excluding carboxylic acids is 2. The molecule has 4 heteroatoms. The molecular weight excluding hydrogens is 278 g/mol. The molecule has 1 amide bonds. The van der Waals surface area contributed by atoms with Gasteiger partial charge >= 0.3 is 5.97 Å². The number of benzene rings is 1. The Morgan fingerprint density at radius 1 is 1.14 bits per heavy atom. The first-order valence-electron chi connectivity index (χ1n) is 7.85. The van der Waals surface area contributed by atoms with Crippen LogP contribution in [-0.4, -0.2) is 36.5 Å². The Labute approximate surface area is 132 Å². The average Bonchev–Trinajstić information content (AvgIpc) is 2.54. The van der Waals surface area contributed by atoms with Crippen LogP contribution in [0.3, 0.4) is 0 Å². The highest BCUT2D eigenvalue weighted by molar-refractivity contribution is 5.92. The van der Waals surface area contributed by atoms with Gasteiger partial charge in [0.15, 0.2) is 0 Å². The Morgan fingerprint density at radius 2 is 1.86 bits per heavy atom. The fourth-order valence-corrected chi connectivity index (χ4v) is 1.98. The first-order chi connectivity index (χ1) is 10.7. The van der Waals surface area contributed by atoms with E-state index < -0.39 is 0 Å². The van der Waals surface area contributed by atoms with Gasteiger partial charge in [-0.05, 0) is 25.0 Å². The molecule has 0 fully saturated rings. The molecule has 0 aromatic heterocycles. The Kier molecular flexibility index (Phi) is 8.65. The normalized spacial score (nSPS) is 10.6. The summed E-state index contributed by atoms with van der Waals surface area (Å²) in [7, 11) is 0. The zero-order valence-corrected chi connectivity index (χ0v) is 13.5. The fourth-order valence-electron chi connectivity index (χ4n) is 1.98. The summed E-state index contributed by atoms with van der Waals surface area (Å²) in [5.41, 5.74) is 0.983. The molecule has 4 nitrogen and oxygen atoms in total. The first-order valence-corrected chi connectivity index (χ1v) is 7.85. The van der Waals surface area contributed by atoms with Crippen LogP contribution in [0, 0.1) is 0 Å². The lowest BCUT2D eigenvalue weighted by Crippen LogP contribution is -2.32. The molecule has 1 aromatic carbocycles. The summed E-state index contributed by atoms with van der Waals surface area (Å²) in [6.45, 7) is 5.29. The van der Waals surface area contributed by atoms with Gasteiger partial charge in [0.2, 0.25) is 5.91 Å². The molecule has 0 aliphatic carbocycles. The van der Waals surface area contributed by atoms with Crippen LogP contribution >= 0.6 is 0 Å². The molecule has 0 aliphatic rings. The number of rotatable bonds is 9. The van der Waals surface area contributed by atoms with E-state index in [-0.39, 0.29) is 18.3 Å². The summed E-state index contributed by atoms with van der Waals surface area (Å²) in [6.07, 6.45) is 5.53. The van der Waals surface area contributed by atoms with Gasteiger partial charge < -0.3 is 9.64 Å². The fraction of sp³-hybridized carbons (Fsp3) is 0.444. The van der Waals surface area contributed by atoms with E-state index in [4.69, 9.17) is 4.74 Å². The molecule has 0 unspecified atom stereocenters. The molecular formula is C18H25NO3. The summed E-state index contributed by atoms with van der Waals surface area (Å²) >= 11 is 0. The molecule has 1 aromatic rings. The van der Waals surface area contributed by atoms with E-state index >= 15 is 0 Å². The summed E-state index contributed by atoms with van der Waals surface area (Å²) in [6, 6.07) is 9.68. The van der Waals surface area contributed by atoms with Crippen LogP contribution < -0.4 is 0 Å². The molecule has 120 valence electrons. The van der Waals surface area contributed by atoms with E-state index in [1.54, 1.807) is 24.0 Å². The van der Waals surface area contributed by atoms with Crippen LogP contribution in [0.15, 0.2) is 36.4 Å².